The molecule has 1 amide bonds. The first-order chi connectivity index (χ1) is 11.1. The van der Waals surface area contributed by atoms with E-state index in [0.29, 0.717) is 5.02 Å². The molecule has 0 spiro atoms. The lowest BCUT2D eigenvalue weighted by molar-refractivity contribution is -0.116. The summed E-state index contributed by atoms with van der Waals surface area (Å²) in [6.45, 7) is 0. The van der Waals surface area contributed by atoms with Crippen LogP contribution in [0.3, 0.4) is 0 Å². The van der Waals surface area contributed by atoms with E-state index in [1.165, 1.54) is 0 Å². The molecule has 1 aliphatic rings. The van der Waals surface area contributed by atoms with Crippen LogP contribution < -0.4 is 4.90 Å². The molecule has 1 atom stereocenters. The summed E-state index contributed by atoms with van der Waals surface area (Å²) >= 11 is 10.8. The van der Waals surface area contributed by atoms with Gasteiger partial charge in [-0.3, -0.25) is 14.7 Å². The van der Waals surface area contributed by atoms with Crippen molar-refractivity contribution in [3.8, 4) is 0 Å². The zero-order valence-corrected chi connectivity index (χ0v) is 15.8. The van der Waals surface area contributed by atoms with E-state index < -0.39 is 3.41 Å². The zero-order chi connectivity index (χ0) is 16.4. The van der Waals surface area contributed by atoms with Crippen molar-refractivity contribution in [2.24, 2.45) is 0 Å². The summed E-state index contributed by atoms with van der Waals surface area (Å²) in [4.78, 5) is 19.2. The monoisotopic (exact) mass is 382 g/mol. The summed E-state index contributed by atoms with van der Waals surface area (Å²) in [6, 6.07) is 11.3. The van der Waals surface area contributed by atoms with Crippen molar-refractivity contribution in [3.05, 3.63) is 59.4 Å². The van der Waals surface area contributed by atoms with Gasteiger partial charge in [-0.2, -0.15) is 0 Å². The Kier molecular flexibility index (Phi) is 5.16. The SMILES string of the molecule is CSC1(SC)SC(c2cccnc2)N(c2ccc(Cl)cc2)C1=O. The number of hydrogen-bond acceptors (Lipinski definition) is 5. The zero-order valence-electron chi connectivity index (χ0n) is 12.6. The van der Waals surface area contributed by atoms with Gasteiger partial charge < -0.3 is 0 Å². The standard InChI is InChI=1S/C16H15ClN2OS3/c1-21-16(22-2)15(20)19(13-7-5-12(17)6-8-13)14(23-16)11-4-3-9-18-10-11/h3-10,14H,1-2H3. The van der Waals surface area contributed by atoms with Crippen LogP contribution in [-0.2, 0) is 4.79 Å². The highest BCUT2D eigenvalue weighted by Gasteiger charge is 2.53. The van der Waals surface area contributed by atoms with Crippen LogP contribution in [-0.4, -0.2) is 26.8 Å². The molecular formula is C16H15ClN2OS3. The molecule has 2 aromatic rings. The van der Waals surface area contributed by atoms with Gasteiger partial charge in [-0.1, -0.05) is 29.4 Å². The van der Waals surface area contributed by atoms with Crippen LogP contribution in [0.15, 0.2) is 48.8 Å². The molecule has 1 aromatic carbocycles. The minimum atomic E-state index is -0.542. The molecular weight excluding hydrogens is 368 g/mol. The first-order valence-corrected chi connectivity index (χ1v) is 10.6. The second-order valence-electron chi connectivity index (χ2n) is 4.87. The fraction of sp³-hybridized carbons (Fsp3) is 0.250. The third-order valence-corrected chi connectivity index (χ3v) is 9.04. The van der Waals surface area contributed by atoms with Crippen molar-refractivity contribution in [1.82, 2.24) is 4.98 Å². The lowest BCUT2D eigenvalue weighted by Crippen LogP contribution is -2.35. The molecule has 0 saturated carbocycles. The summed E-state index contributed by atoms with van der Waals surface area (Å²) in [7, 11) is 0. The molecule has 0 N–H and O–H groups in total. The van der Waals surface area contributed by atoms with Gasteiger partial charge in [0.2, 0.25) is 0 Å². The van der Waals surface area contributed by atoms with Gasteiger partial charge in [-0.05, 0) is 42.8 Å². The highest BCUT2D eigenvalue weighted by Crippen LogP contribution is 2.59. The van der Waals surface area contributed by atoms with Crippen molar-refractivity contribution in [1.29, 1.82) is 0 Å². The number of thioether (sulfide) groups is 3. The van der Waals surface area contributed by atoms with Crippen LogP contribution in [0.1, 0.15) is 10.9 Å². The first-order valence-electron chi connectivity index (χ1n) is 6.88. The van der Waals surface area contributed by atoms with Gasteiger partial charge in [0.25, 0.3) is 5.91 Å². The number of amides is 1. The lowest BCUT2D eigenvalue weighted by Gasteiger charge is -2.24. The van der Waals surface area contributed by atoms with Crippen LogP contribution in [0, 0.1) is 0 Å². The van der Waals surface area contributed by atoms with Gasteiger partial charge in [0.05, 0.1) is 0 Å². The van der Waals surface area contributed by atoms with Crippen LogP contribution >= 0.6 is 46.9 Å². The number of pyridine rings is 1. The number of carbonyl (C=O) groups excluding carboxylic acids is 1. The van der Waals surface area contributed by atoms with Gasteiger partial charge >= 0.3 is 0 Å². The molecule has 0 bridgehead atoms. The third-order valence-electron chi connectivity index (χ3n) is 3.59. The second kappa shape index (κ2) is 6.97. The third kappa shape index (κ3) is 3.09. The summed E-state index contributed by atoms with van der Waals surface area (Å²) in [5.74, 6) is 0.0960. The number of anilines is 1. The number of carbonyl (C=O) groups is 1. The van der Waals surface area contributed by atoms with Gasteiger partial charge in [-0.25, -0.2) is 0 Å². The Morgan fingerprint density at radius 1 is 1.22 bits per heavy atom. The average molecular weight is 383 g/mol. The van der Waals surface area contributed by atoms with Crippen molar-refractivity contribution < 1.29 is 4.79 Å². The fourth-order valence-corrected chi connectivity index (χ4v) is 6.20. The van der Waals surface area contributed by atoms with Gasteiger partial charge in [0.15, 0.2) is 3.41 Å². The van der Waals surface area contributed by atoms with E-state index in [4.69, 9.17) is 11.6 Å². The fourth-order valence-electron chi connectivity index (χ4n) is 2.45. The molecule has 1 aliphatic heterocycles. The van der Waals surface area contributed by atoms with E-state index in [9.17, 15) is 4.79 Å². The summed E-state index contributed by atoms with van der Waals surface area (Å²) in [6.07, 6.45) is 7.53. The minimum absolute atomic E-state index is 0.0960. The van der Waals surface area contributed by atoms with Crippen molar-refractivity contribution >= 4 is 58.5 Å². The van der Waals surface area contributed by atoms with Crippen LogP contribution in [0.2, 0.25) is 5.02 Å². The van der Waals surface area contributed by atoms with Crippen LogP contribution in [0.4, 0.5) is 5.69 Å². The molecule has 1 fully saturated rings. The molecule has 0 aliphatic carbocycles. The van der Waals surface area contributed by atoms with Crippen molar-refractivity contribution in [3.63, 3.8) is 0 Å². The highest BCUT2D eigenvalue weighted by molar-refractivity contribution is 8.35. The second-order valence-corrected chi connectivity index (χ2v) is 9.42. The maximum atomic E-state index is 13.2. The van der Waals surface area contributed by atoms with E-state index in [-0.39, 0.29) is 11.3 Å². The maximum absolute atomic E-state index is 13.2. The predicted octanol–water partition coefficient (Wildman–Crippen LogP) is 4.89. The van der Waals surface area contributed by atoms with Crippen LogP contribution in [0.5, 0.6) is 0 Å². The van der Waals surface area contributed by atoms with Crippen LogP contribution in [0.25, 0.3) is 0 Å². The Hall–Kier alpha value is -0.820. The molecule has 2 heterocycles. The van der Waals surface area contributed by atoms with Gasteiger partial charge in [0.1, 0.15) is 5.37 Å². The van der Waals surface area contributed by atoms with Gasteiger partial charge in [0, 0.05) is 28.7 Å². The normalized spacial score (nSPS) is 20.0. The van der Waals surface area contributed by atoms with Crippen molar-refractivity contribution in [2.75, 3.05) is 17.4 Å². The Labute approximate surface area is 153 Å². The molecule has 0 radical (unpaired) electrons. The molecule has 3 rings (SSSR count). The quantitative estimate of drug-likeness (QED) is 0.703. The average Bonchev–Trinajstić information content (AvgIpc) is 2.90. The summed E-state index contributed by atoms with van der Waals surface area (Å²) in [5.41, 5.74) is 1.87. The van der Waals surface area contributed by atoms with E-state index in [2.05, 4.69) is 4.98 Å². The van der Waals surface area contributed by atoms with E-state index >= 15 is 0 Å². The van der Waals surface area contributed by atoms with E-state index in [1.807, 2.05) is 60.0 Å². The minimum Gasteiger partial charge on any atom is -0.293 e. The Balaban J connectivity index is 2.08. The number of benzene rings is 1. The number of aromatic nitrogens is 1. The summed E-state index contributed by atoms with van der Waals surface area (Å²) in [5, 5.41) is 0.559. The van der Waals surface area contributed by atoms with Gasteiger partial charge in [-0.15, -0.1) is 23.5 Å². The Morgan fingerprint density at radius 2 is 1.91 bits per heavy atom. The molecule has 3 nitrogen and oxygen atoms in total. The number of rotatable bonds is 4. The highest BCUT2D eigenvalue weighted by atomic mass is 35.5. The number of nitrogens with zero attached hydrogens (tertiary/aromatic N) is 2. The smallest absolute Gasteiger partial charge is 0.265 e. The topological polar surface area (TPSA) is 33.2 Å². The van der Waals surface area contributed by atoms with E-state index in [1.54, 1.807) is 41.5 Å². The Morgan fingerprint density at radius 3 is 2.48 bits per heavy atom. The number of hydrogen-bond donors (Lipinski definition) is 0. The largest absolute Gasteiger partial charge is 0.293 e. The molecule has 1 unspecified atom stereocenters. The number of halogens is 1. The molecule has 1 saturated heterocycles. The van der Waals surface area contributed by atoms with E-state index in [0.717, 1.165) is 11.3 Å². The predicted molar refractivity (Wildman–Crippen MR) is 103 cm³/mol. The molecule has 120 valence electrons. The first kappa shape index (κ1) is 17.0. The Bertz CT molecular complexity index is 692. The maximum Gasteiger partial charge on any atom is 0.265 e. The summed E-state index contributed by atoms with van der Waals surface area (Å²) < 4.78 is -0.542. The van der Waals surface area contributed by atoms with Crippen molar-refractivity contribution in [2.45, 2.75) is 8.78 Å². The molecule has 23 heavy (non-hydrogen) atoms. The molecule has 7 heteroatoms. The lowest BCUT2D eigenvalue weighted by atomic mass is 10.2. The molecule has 1 aromatic heterocycles.